The molecule has 0 aliphatic carbocycles. The number of aryl methyl sites for hydroxylation is 2. The van der Waals surface area contributed by atoms with Crippen LogP contribution in [0.15, 0.2) is 42.5 Å². The summed E-state index contributed by atoms with van der Waals surface area (Å²) in [4.78, 5) is 29.9. The highest BCUT2D eigenvalue weighted by atomic mass is 35.5. The molecule has 1 atom stereocenters. The Hall–Kier alpha value is -2.94. The van der Waals surface area contributed by atoms with E-state index in [4.69, 9.17) is 23.2 Å². The number of halogens is 2. The first-order chi connectivity index (χ1) is 13.3. The van der Waals surface area contributed by atoms with Crippen molar-refractivity contribution < 1.29 is 9.59 Å². The van der Waals surface area contributed by atoms with E-state index in [-0.39, 0.29) is 16.3 Å². The lowest BCUT2D eigenvalue weighted by Gasteiger charge is -2.13. The minimum atomic E-state index is -1.53. The quantitative estimate of drug-likeness (QED) is 0.476. The van der Waals surface area contributed by atoms with E-state index in [1.807, 2.05) is 25.1 Å². The van der Waals surface area contributed by atoms with Crippen LogP contribution in [0.25, 0.3) is 10.9 Å². The van der Waals surface area contributed by atoms with Crippen LogP contribution in [-0.4, -0.2) is 16.7 Å². The second kappa shape index (κ2) is 7.97. The Bertz CT molecular complexity index is 1150. The number of amides is 1. The molecule has 1 heterocycles. The molecule has 1 amide bonds. The van der Waals surface area contributed by atoms with Crippen molar-refractivity contribution in [3.8, 4) is 6.07 Å². The van der Waals surface area contributed by atoms with Gasteiger partial charge in [-0.3, -0.25) is 14.6 Å². The van der Waals surface area contributed by atoms with E-state index >= 15 is 0 Å². The van der Waals surface area contributed by atoms with Gasteiger partial charge < -0.3 is 5.32 Å². The summed E-state index contributed by atoms with van der Waals surface area (Å²) in [7, 11) is 0. The van der Waals surface area contributed by atoms with Crippen LogP contribution < -0.4 is 5.32 Å². The zero-order valence-electron chi connectivity index (χ0n) is 15.1. The van der Waals surface area contributed by atoms with Crippen LogP contribution in [-0.2, 0) is 4.79 Å². The number of Topliss-reactive ketones (excluding diaryl/α,β-unsaturated/α-hetero) is 1. The zero-order chi connectivity index (χ0) is 20.4. The number of benzene rings is 2. The smallest absolute Gasteiger partial charge is 0.249 e. The second-order valence-corrected chi connectivity index (χ2v) is 7.20. The number of anilines is 1. The Morgan fingerprint density at radius 2 is 1.86 bits per heavy atom. The Morgan fingerprint density at radius 3 is 2.54 bits per heavy atom. The third-order valence-electron chi connectivity index (χ3n) is 4.27. The number of nitriles is 1. The van der Waals surface area contributed by atoms with Gasteiger partial charge in [-0.25, -0.2) is 0 Å². The number of fused-ring (bicyclic) bond motifs is 1. The lowest BCUT2D eigenvalue weighted by Crippen LogP contribution is -2.29. The molecule has 5 nitrogen and oxygen atoms in total. The number of nitrogens with one attached hydrogen (secondary N) is 1. The van der Waals surface area contributed by atoms with Crippen molar-refractivity contribution in [2.75, 3.05) is 5.32 Å². The van der Waals surface area contributed by atoms with E-state index in [9.17, 15) is 14.9 Å². The molecular weight excluding hydrogens is 397 g/mol. The molecule has 0 spiro atoms. The van der Waals surface area contributed by atoms with Crippen LogP contribution in [0.2, 0.25) is 10.0 Å². The van der Waals surface area contributed by atoms with Crippen molar-refractivity contribution in [2.24, 2.45) is 5.92 Å². The number of rotatable bonds is 4. The molecule has 0 bridgehead atoms. The average Bonchev–Trinajstić information content (AvgIpc) is 2.64. The van der Waals surface area contributed by atoms with Gasteiger partial charge in [-0.1, -0.05) is 34.8 Å². The molecule has 0 aliphatic rings. The van der Waals surface area contributed by atoms with Crippen LogP contribution in [0.3, 0.4) is 0 Å². The number of nitrogens with zero attached hydrogens (tertiary/aromatic N) is 2. The Labute approximate surface area is 171 Å². The maximum atomic E-state index is 12.9. The summed E-state index contributed by atoms with van der Waals surface area (Å²) in [6, 6.07) is 13.6. The van der Waals surface area contributed by atoms with Gasteiger partial charge in [-0.15, -0.1) is 0 Å². The molecule has 0 saturated heterocycles. The third-order valence-corrected chi connectivity index (χ3v) is 4.82. The molecule has 3 aromatic rings. The lowest BCUT2D eigenvalue weighted by molar-refractivity contribution is -0.117. The largest absolute Gasteiger partial charge is 0.323 e. The first kappa shape index (κ1) is 19.8. The van der Waals surface area contributed by atoms with Gasteiger partial charge >= 0.3 is 0 Å². The monoisotopic (exact) mass is 411 g/mol. The van der Waals surface area contributed by atoms with Crippen LogP contribution in [0.5, 0.6) is 0 Å². The maximum Gasteiger partial charge on any atom is 0.249 e. The van der Waals surface area contributed by atoms with E-state index in [1.165, 1.54) is 12.1 Å². The van der Waals surface area contributed by atoms with E-state index in [2.05, 4.69) is 10.3 Å². The number of carbonyl (C=O) groups is 2. The van der Waals surface area contributed by atoms with E-state index in [1.54, 1.807) is 25.1 Å². The minimum Gasteiger partial charge on any atom is -0.323 e. The van der Waals surface area contributed by atoms with E-state index < -0.39 is 17.6 Å². The molecule has 28 heavy (non-hydrogen) atoms. The van der Waals surface area contributed by atoms with Gasteiger partial charge in [0.25, 0.3) is 0 Å². The van der Waals surface area contributed by atoms with Crippen LogP contribution in [0.4, 0.5) is 5.69 Å². The Morgan fingerprint density at radius 1 is 1.11 bits per heavy atom. The number of carbonyl (C=O) groups excluding carboxylic acids is 2. The van der Waals surface area contributed by atoms with Gasteiger partial charge in [0.2, 0.25) is 5.91 Å². The molecule has 1 N–H and O–H groups in total. The number of hydrogen-bond acceptors (Lipinski definition) is 4. The van der Waals surface area contributed by atoms with E-state index in [0.29, 0.717) is 10.7 Å². The van der Waals surface area contributed by atoms with Crippen LogP contribution in [0, 0.1) is 31.1 Å². The Kier molecular flexibility index (Phi) is 5.64. The summed E-state index contributed by atoms with van der Waals surface area (Å²) in [5.74, 6) is -2.91. The maximum absolute atomic E-state index is 12.9. The van der Waals surface area contributed by atoms with Gasteiger partial charge in [-0.05, 0) is 50.2 Å². The number of hydrogen-bond donors (Lipinski definition) is 1. The first-order valence-electron chi connectivity index (χ1n) is 8.38. The summed E-state index contributed by atoms with van der Waals surface area (Å²) in [5.41, 5.74) is 2.73. The molecule has 1 unspecified atom stereocenters. The summed E-state index contributed by atoms with van der Waals surface area (Å²) < 4.78 is 0. The molecule has 2 aromatic carbocycles. The topological polar surface area (TPSA) is 82.8 Å². The van der Waals surface area contributed by atoms with Crippen molar-refractivity contribution in [3.63, 3.8) is 0 Å². The standard InChI is InChI=1S/C21H15Cl2N3O2/c1-11-3-5-18-13(7-11)8-15(12(2)25-18)20(27)16(10-24)21(28)26-19-6-4-14(22)9-17(19)23/h3-9,16H,1-2H3,(H,26,28). The van der Waals surface area contributed by atoms with Crippen LogP contribution in [0.1, 0.15) is 21.6 Å². The molecule has 0 aliphatic heterocycles. The molecular formula is C21H15Cl2N3O2. The first-order valence-corrected chi connectivity index (χ1v) is 9.13. The third kappa shape index (κ3) is 3.99. The van der Waals surface area contributed by atoms with E-state index in [0.717, 1.165) is 16.5 Å². The van der Waals surface area contributed by atoms with Gasteiger partial charge in [-0.2, -0.15) is 5.26 Å². The fourth-order valence-corrected chi connectivity index (χ4v) is 3.28. The minimum absolute atomic E-state index is 0.212. The highest BCUT2D eigenvalue weighted by Gasteiger charge is 2.29. The van der Waals surface area contributed by atoms with Crippen molar-refractivity contribution >= 4 is 51.5 Å². The summed E-state index contributed by atoms with van der Waals surface area (Å²) in [6.07, 6.45) is 0. The van der Waals surface area contributed by atoms with Crippen molar-refractivity contribution in [1.29, 1.82) is 5.26 Å². The molecule has 7 heteroatoms. The molecule has 0 fully saturated rings. The van der Waals surface area contributed by atoms with Crippen molar-refractivity contribution in [1.82, 2.24) is 4.98 Å². The van der Waals surface area contributed by atoms with Crippen LogP contribution >= 0.6 is 23.2 Å². The van der Waals surface area contributed by atoms with Crippen molar-refractivity contribution in [2.45, 2.75) is 13.8 Å². The highest BCUT2D eigenvalue weighted by Crippen LogP contribution is 2.26. The predicted molar refractivity (Wildman–Crippen MR) is 110 cm³/mol. The average molecular weight is 412 g/mol. The Balaban J connectivity index is 1.93. The van der Waals surface area contributed by atoms with Gasteiger partial charge in [0.15, 0.2) is 11.7 Å². The van der Waals surface area contributed by atoms with Crippen molar-refractivity contribution in [3.05, 3.63) is 69.3 Å². The molecule has 1 aromatic heterocycles. The highest BCUT2D eigenvalue weighted by molar-refractivity contribution is 6.36. The molecule has 140 valence electrons. The summed E-state index contributed by atoms with van der Waals surface area (Å²) in [5, 5.41) is 13.4. The van der Waals surface area contributed by atoms with Gasteiger partial charge in [0, 0.05) is 21.7 Å². The number of aromatic nitrogens is 1. The molecule has 0 radical (unpaired) electrons. The number of ketones is 1. The SMILES string of the molecule is Cc1ccc2nc(C)c(C(=O)C(C#N)C(=O)Nc3ccc(Cl)cc3Cl)cc2c1. The lowest BCUT2D eigenvalue weighted by atomic mass is 9.95. The summed E-state index contributed by atoms with van der Waals surface area (Å²) in [6.45, 7) is 3.61. The molecule has 3 rings (SSSR count). The van der Waals surface area contributed by atoms with Gasteiger partial charge in [0.1, 0.15) is 0 Å². The predicted octanol–water partition coefficient (Wildman–Crippen LogP) is 5.12. The number of pyridine rings is 1. The zero-order valence-corrected chi connectivity index (χ0v) is 16.6. The van der Waals surface area contributed by atoms with Gasteiger partial charge in [0.05, 0.1) is 22.3 Å². The summed E-state index contributed by atoms with van der Waals surface area (Å²) >= 11 is 11.9. The molecule has 0 saturated carbocycles. The second-order valence-electron chi connectivity index (χ2n) is 6.36. The fraction of sp³-hybridized carbons (Fsp3) is 0.143. The fourth-order valence-electron chi connectivity index (χ4n) is 2.83. The normalized spacial score (nSPS) is 11.7.